The Labute approximate surface area is 158 Å². The number of rotatable bonds is 4. The van der Waals surface area contributed by atoms with E-state index in [-0.39, 0.29) is 21.7 Å². The van der Waals surface area contributed by atoms with Gasteiger partial charge >= 0.3 is 6.18 Å². The van der Waals surface area contributed by atoms with Gasteiger partial charge in [0.05, 0.1) is 5.56 Å². The van der Waals surface area contributed by atoms with E-state index in [1.54, 1.807) is 11.4 Å². The fraction of sp³-hybridized carbons (Fsp3) is 0.353. The van der Waals surface area contributed by atoms with E-state index in [1.807, 2.05) is 0 Å². The topological polar surface area (TPSA) is 66.5 Å². The van der Waals surface area contributed by atoms with Crippen molar-refractivity contribution in [3.8, 4) is 0 Å². The summed E-state index contributed by atoms with van der Waals surface area (Å²) < 4.78 is 65.2. The highest BCUT2D eigenvalue weighted by Gasteiger charge is 2.31. The number of sulfonamides is 1. The second-order valence-corrected chi connectivity index (χ2v) is 9.08. The van der Waals surface area contributed by atoms with E-state index in [1.165, 1.54) is 11.0 Å². The van der Waals surface area contributed by atoms with Crippen molar-refractivity contribution < 1.29 is 26.4 Å². The Morgan fingerprint density at radius 3 is 2.26 bits per heavy atom. The van der Waals surface area contributed by atoms with Crippen LogP contribution in [-0.2, 0) is 16.2 Å². The van der Waals surface area contributed by atoms with Gasteiger partial charge in [0.2, 0.25) is 10.0 Å². The van der Waals surface area contributed by atoms with Gasteiger partial charge in [-0.3, -0.25) is 4.79 Å². The highest BCUT2D eigenvalue weighted by Crippen LogP contribution is 2.29. The number of benzene rings is 1. The third-order valence-electron chi connectivity index (χ3n) is 4.32. The van der Waals surface area contributed by atoms with Crippen LogP contribution >= 0.6 is 11.3 Å². The van der Waals surface area contributed by atoms with E-state index < -0.39 is 21.8 Å². The third-order valence-corrected chi connectivity index (χ3v) is 7.24. The molecule has 1 fully saturated rings. The summed E-state index contributed by atoms with van der Waals surface area (Å²) in [6, 6.07) is 6.99. The van der Waals surface area contributed by atoms with Crippen LogP contribution in [0.1, 0.15) is 28.8 Å². The molecule has 2 aromatic rings. The Balaban J connectivity index is 1.58. The minimum Gasteiger partial charge on any atom is -0.339 e. The molecule has 146 valence electrons. The molecule has 1 N–H and O–H groups in total. The predicted molar refractivity (Wildman–Crippen MR) is 95.0 cm³/mol. The van der Waals surface area contributed by atoms with Crippen LogP contribution in [0.3, 0.4) is 0 Å². The van der Waals surface area contributed by atoms with Gasteiger partial charge in [-0.2, -0.15) is 13.2 Å². The molecule has 1 aliphatic rings. The number of amides is 1. The summed E-state index contributed by atoms with van der Waals surface area (Å²) in [4.78, 5) is 14.0. The van der Waals surface area contributed by atoms with Gasteiger partial charge in [-0.25, -0.2) is 13.1 Å². The normalized spacial score (nSPS) is 16.5. The number of piperidine rings is 1. The number of nitrogens with one attached hydrogen (secondary N) is 1. The van der Waals surface area contributed by atoms with Gasteiger partial charge < -0.3 is 4.90 Å². The maximum absolute atomic E-state index is 12.6. The molecule has 0 unspecified atom stereocenters. The Kier molecular flexibility index (Phi) is 5.59. The highest BCUT2D eigenvalue weighted by molar-refractivity contribution is 7.91. The molecule has 5 nitrogen and oxygen atoms in total. The second-order valence-electron chi connectivity index (χ2n) is 6.19. The maximum Gasteiger partial charge on any atom is 0.416 e. The molecule has 27 heavy (non-hydrogen) atoms. The predicted octanol–water partition coefficient (Wildman–Crippen LogP) is 3.35. The zero-order valence-electron chi connectivity index (χ0n) is 14.1. The first-order chi connectivity index (χ1) is 12.7. The van der Waals surface area contributed by atoms with Crippen molar-refractivity contribution in [1.29, 1.82) is 0 Å². The van der Waals surface area contributed by atoms with Crippen molar-refractivity contribution in [2.24, 2.45) is 0 Å². The van der Waals surface area contributed by atoms with Crippen LogP contribution in [0.5, 0.6) is 0 Å². The third kappa shape index (κ3) is 4.69. The largest absolute Gasteiger partial charge is 0.416 e. The molecule has 1 aliphatic heterocycles. The number of hydrogen-bond acceptors (Lipinski definition) is 4. The molecule has 10 heteroatoms. The zero-order chi connectivity index (χ0) is 19.7. The Morgan fingerprint density at radius 2 is 1.74 bits per heavy atom. The number of carbonyl (C=O) groups is 1. The molecule has 1 aromatic heterocycles. The van der Waals surface area contributed by atoms with Gasteiger partial charge in [0.15, 0.2) is 0 Å². The summed E-state index contributed by atoms with van der Waals surface area (Å²) in [7, 11) is -3.57. The Bertz CT molecular complexity index is 887. The van der Waals surface area contributed by atoms with Crippen LogP contribution in [-0.4, -0.2) is 38.4 Å². The molecule has 0 spiro atoms. The molecule has 1 saturated heterocycles. The molecule has 0 atom stereocenters. The van der Waals surface area contributed by atoms with Crippen molar-refractivity contribution in [1.82, 2.24) is 9.62 Å². The minimum absolute atomic E-state index is 0.181. The van der Waals surface area contributed by atoms with Crippen LogP contribution in [0, 0.1) is 0 Å². The standard InChI is InChI=1S/C17H17F3N2O3S2/c18-17(19,20)13-5-3-12(4-6-13)16(23)22-9-7-14(8-10-22)21-27(24,25)15-2-1-11-26-15/h1-6,11,14,21H,7-10H2. The lowest BCUT2D eigenvalue weighted by molar-refractivity contribution is -0.137. The molecule has 0 bridgehead atoms. The average molecular weight is 418 g/mol. The number of nitrogens with zero attached hydrogens (tertiary/aromatic N) is 1. The molecule has 2 heterocycles. The number of carbonyl (C=O) groups excluding carboxylic acids is 1. The van der Waals surface area contributed by atoms with Gasteiger partial charge in [0.25, 0.3) is 5.91 Å². The quantitative estimate of drug-likeness (QED) is 0.828. The zero-order valence-corrected chi connectivity index (χ0v) is 15.7. The van der Waals surface area contributed by atoms with Gasteiger partial charge in [-0.05, 0) is 48.6 Å². The number of alkyl halides is 3. The van der Waals surface area contributed by atoms with Crippen LogP contribution in [0.25, 0.3) is 0 Å². The van der Waals surface area contributed by atoms with Crippen molar-refractivity contribution in [2.75, 3.05) is 13.1 Å². The number of hydrogen-bond donors (Lipinski definition) is 1. The molecule has 0 aliphatic carbocycles. The monoisotopic (exact) mass is 418 g/mol. The lowest BCUT2D eigenvalue weighted by Gasteiger charge is -2.32. The summed E-state index contributed by atoms with van der Waals surface area (Å²) in [5.74, 6) is -0.358. The van der Waals surface area contributed by atoms with E-state index in [4.69, 9.17) is 0 Å². The van der Waals surface area contributed by atoms with E-state index in [9.17, 15) is 26.4 Å². The fourth-order valence-corrected chi connectivity index (χ4v) is 5.19. The molecule has 0 saturated carbocycles. The molecule has 1 aromatic carbocycles. The maximum atomic E-state index is 12.6. The van der Waals surface area contributed by atoms with Crippen LogP contribution in [0.2, 0.25) is 0 Å². The van der Waals surface area contributed by atoms with Crippen LogP contribution < -0.4 is 4.72 Å². The molecular weight excluding hydrogens is 401 g/mol. The Morgan fingerprint density at radius 1 is 1.11 bits per heavy atom. The smallest absolute Gasteiger partial charge is 0.339 e. The van der Waals surface area contributed by atoms with Gasteiger partial charge in [-0.15, -0.1) is 11.3 Å². The molecule has 1 amide bonds. The first kappa shape index (κ1) is 19.8. The van der Waals surface area contributed by atoms with Gasteiger partial charge in [0, 0.05) is 24.7 Å². The fourth-order valence-electron chi connectivity index (χ4n) is 2.88. The van der Waals surface area contributed by atoms with Crippen molar-refractivity contribution in [3.05, 3.63) is 52.9 Å². The van der Waals surface area contributed by atoms with Gasteiger partial charge in [-0.1, -0.05) is 6.07 Å². The van der Waals surface area contributed by atoms with E-state index in [0.717, 1.165) is 35.6 Å². The number of likely N-dealkylation sites (tertiary alicyclic amines) is 1. The number of halogens is 3. The first-order valence-corrected chi connectivity index (χ1v) is 10.6. The summed E-state index contributed by atoms with van der Waals surface area (Å²) in [5, 5.41) is 1.68. The summed E-state index contributed by atoms with van der Waals surface area (Å²) >= 11 is 1.13. The molecular formula is C17H17F3N2O3S2. The van der Waals surface area contributed by atoms with E-state index >= 15 is 0 Å². The lowest BCUT2D eigenvalue weighted by atomic mass is 10.0. The van der Waals surface area contributed by atoms with Crippen LogP contribution in [0.15, 0.2) is 46.0 Å². The van der Waals surface area contributed by atoms with Gasteiger partial charge in [0.1, 0.15) is 4.21 Å². The lowest BCUT2D eigenvalue weighted by Crippen LogP contribution is -2.46. The van der Waals surface area contributed by atoms with Crippen molar-refractivity contribution in [2.45, 2.75) is 29.3 Å². The highest BCUT2D eigenvalue weighted by atomic mass is 32.2. The van der Waals surface area contributed by atoms with E-state index in [2.05, 4.69) is 4.72 Å². The SMILES string of the molecule is O=C(c1ccc(C(F)(F)F)cc1)N1CCC(NS(=O)(=O)c2cccs2)CC1. The van der Waals surface area contributed by atoms with Crippen molar-refractivity contribution in [3.63, 3.8) is 0 Å². The Hall–Kier alpha value is -1.91. The van der Waals surface area contributed by atoms with E-state index in [0.29, 0.717) is 25.9 Å². The minimum atomic E-state index is -4.44. The molecule has 0 radical (unpaired) electrons. The first-order valence-electron chi connectivity index (χ1n) is 8.19. The summed E-state index contributed by atoms with van der Waals surface area (Å²) in [6.07, 6.45) is -3.56. The number of thiophene rings is 1. The average Bonchev–Trinajstić information content (AvgIpc) is 3.17. The van der Waals surface area contributed by atoms with Crippen LogP contribution in [0.4, 0.5) is 13.2 Å². The molecule has 3 rings (SSSR count). The summed E-state index contributed by atoms with van der Waals surface area (Å²) in [6.45, 7) is 0.662. The summed E-state index contributed by atoms with van der Waals surface area (Å²) in [5.41, 5.74) is -0.624. The second kappa shape index (κ2) is 7.61. The van der Waals surface area contributed by atoms with Crippen molar-refractivity contribution >= 4 is 27.3 Å².